The third-order valence-electron chi connectivity index (χ3n) is 5.36. The van der Waals surface area contributed by atoms with Gasteiger partial charge in [0, 0.05) is 42.9 Å². The van der Waals surface area contributed by atoms with Crippen molar-refractivity contribution in [2.45, 2.75) is 23.5 Å². The van der Waals surface area contributed by atoms with Gasteiger partial charge in [-0.05, 0) is 30.7 Å². The van der Waals surface area contributed by atoms with Gasteiger partial charge in [0.25, 0.3) is 5.91 Å². The van der Waals surface area contributed by atoms with Crippen molar-refractivity contribution in [1.29, 1.82) is 0 Å². The van der Waals surface area contributed by atoms with E-state index in [1.807, 2.05) is 22.7 Å². The molecule has 2 amide bonds. The molecule has 2 aliphatic rings. The molecule has 0 spiro atoms. The number of amides is 2. The molecule has 2 aromatic rings. The minimum atomic E-state index is -0.107. The van der Waals surface area contributed by atoms with Crippen LogP contribution in [0, 0.1) is 0 Å². The SMILES string of the molecule is CC[C@@H]1CN(CC(=O)N2CCN(C(=O)c3ccco3)CC2)c2ccccc2S1. The average Bonchev–Trinajstić information content (AvgIpc) is 3.28. The van der Waals surface area contributed by atoms with E-state index in [4.69, 9.17) is 4.42 Å². The molecule has 0 radical (unpaired) electrons. The van der Waals surface area contributed by atoms with Crippen LogP contribution in [0.15, 0.2) is 52.0 Å². The van der Waals surface area contributed by atoms with E-state index in [1.165, 1.54) is 11.2 Å². The lowest BCUT2D eigenvalue weighted by Crippen LogP contribution is -2.53. The van der Waals surface area contributed by atoms with Gasteiger partial charge in [0.05, 0.1) is 18.5 Å². The molecule has 28 heavy (non-hydrogen) atoms. The Bertz CT molecular complexity index is 831. The number of carbonyl (C=O) groups is 2. The largest absolute Gasteiger partial charge is 0.459 e. The van der Waals surface area contributed by atoms with Crippen LogP contribution in [0.2, 0.25) is 0 Å². The predicted molar refractivity (Wildman–Crippen MR) is 110 cm³/mol. The molecule has 6 nitrogen and oxygen atoms in total. The standard InChI is InChI=1S/C21H25N3O3S/c1-2-16-14-24(17-6-3-4-8-19(17)28-16)15-20(25)22-9-11-23(12-10-22)21(26)18-7-5-13-27-18/h3-8,13,16H,2,9-12,14-15H2,1H3/t16-/m1/s1. The first-order valence-electron chi connectivity index (χ1n) is 9.77. The van der Waals surface area contributed by atoms with E-state index in [-0.39, 0.29) is 11.8 Å². The van der Waals surface area contributed by atoms with Crippen LogP contribution in [0.1, 0.15) is 23.9 Å². The second-order valence-electron chi connectivity index (χ2n) is 7.15. The number of carbonyl (C=O) groups excluding carboxylic acids is 2. The van der Waals surface area contributed by atoms with Crippen molar-refractivity contribution in [3.63, 3.8) is 0 Å². The van der Waals surface area contributed by atoms with Crippen molar-refractivity contribution in [3.05, 3.63) is 48.4 Å². The number of para-hydroxylation sites is 1. The predicted octanol–water partition coefficient (Wildman–Crippen LogP) is 2.95. The summed E-state index contributed by atoms with van der Waals surface area (Å²) in [5.74, 6) is 0.374. The zero-order valence-electron chi connectivity index (χ0n) is 16.0. The van der Waals surface area contributed by atoms with E-state index >= 15 is 0 Å². The molecule has 148 valence electrons. The van der Waals surface area contributed by atoms with Crippen molar-refractivity contribution in [3.8, 4) is 0 Å². The number of nitrogens with zero attached hydrogens (tertiary/aromatic N) is 3. The Morgan fingerprint density at radius 2 is 1.82 bits per heavy atom. The third kappa shape index (κ3) is 3.90. The number of anilines is 1. The minimum absolute atomic E-state index is 0.107. The maximum Gasteiger partial charge on any atom is 0.289 e. The van der Waals surface area contributed by atoms with E-state index in [9.17, 15) is 9.59 Å². The third-order valence-corrected chi connectivity index (χ3v) is 6.77. The summed E-state index contributed by atoms with van der Waals surface area (Å²) < 4.78 is 5.20. The van der Waals surface area contributed by atoms with E-state index in [0.29, 0.717) is 43.7 Å². The van der Waals surface area contributed by atoms with Gasteiger partial charge in [0.2, 0.25) is 5.91 Å². The summed E-state index contributed by atoms with van der Waals surface area (Å²) in [5.41, 5.74) is 1.15. The molecule has 0 N–H and O–H groups in total. The summed E-state index contributed by atoms with van der Waals surface area (Å²) in [7, 11) is 0. The van der Waals surface area contributed by atoms with Crippen molar-refractivity contribution in [2.75, 3.05) is 44.2 Å². The van der Waals surface area contributed by atoms with Crippen LogP contribution in [0.25, 0.3) is 0 Å². The Hall–Kier alpha value is -2.41. The molecule has 1 fully saturated rings. The lowest BCUT2D eigenvalue weighted by atomic mass is 10.2. The van der Waals surface area contributed by atoms with Gasteiger partial charge in [0.15, 0.2) is 5.76 Å². The van der Waals surface area contributed by atoms with Crippen molar-refractivity contribution in [1.82, 2.24) is 9.80 Å². The molecule has 0 bridgehead atoms. The number of benzene rings is 1. The van der Waals surface area contributed by atoms with Gasteiger partial charge in [-0.1, -0.05) is 19.1 Å². The van der Waals surface area contributed by atoms with E-state index < -0.39 is 0 Å². The Morgan fingerprint density at radius 1 is 1.07 bits per heavy atom. The monoisotopic (exact) mass is 399 g/mol. The highest BCUT2D eigenvalue weighted by Crippen LogP contribution is 2.39. The number of piperazine rings is 1. The number of rotatable bonds is 4. The zero-order valence-corrected chi connectivity index (χ0v) is 16.9. The maximum atomic E-state index is 12.9. The number of thioether (sulfide) groups is 1. The van der Waals surface area contributed by atoms with Crippen LogP contribution in [0.5, 0.6) is 0 Å². The summed E-state index contributed by atoms with van der Waals surface area (Å²) in [6, 6.07) is 11.7. The topological polar surface area (TPSA) is 57.0 Å². The van der Waals surface area contributed by atoms with E-state index in [1.54, 1.807) is 17.0 Å². The lowest BCUT2D eigenvalue weighted by Gasteiger charge is -2.38. The molecule has 4 rings (SSSR count). The number of furan rings is 1. The quantitative estimate of drug-likeness (QED) is 0.791. The average molecular weight is 400 g/mol. The van der Waals surface area contributed by atoms with Crippen molar-refractivity contribution in [2.24, 2.45) is 0 Å². The summed E-state index contributed by atoms with van der Waals surface area (Å²) in [4.78, 5) is 32.4. The van der Waals surface area contributed by atoms with Gasteiger partial charge in [-0.15, -0.1) is 11.8 Å². The normalized spacial score (nSPS) is 19.5. The first kappa shape index (κ1) is 18.9. The number of hydrogen-bond acceptors (Lipinski definition) is 5. The molecule has 1 atom stereocenters. The fourth-order valence-electron chi connectivity index (χ4n) is 3.72. The smallest absolute Gasteiger partial charge is 0.289 e. The molecule has 0 unspecified atom stereocenters. The number of hydrogen-bond donors (Lipinski definition) is 0. The van der Waals surface area contributed by atoms with Gasteiger partial charge in [-0.25, -0.2) is 0 Å². The van der Waals surface area contributed by atoms with Crippen molar-refractivity contribution >= 4 is 29.3 Å². The van der Waals surface area contributed by atoms with Crippen LogP contribution in [-0.2, 0) is 4.79 Å². The van der Waals surface area contributed by atoms with Gasteiger partial charge >= 0.3 is 0 Å². The van der Waals surface area contributed by atoms with E-state index in [0.717, 1.165) is 18.7 Å². The van der Waals surface area contributed by atoms with Gasteiger partial charge in [0.1, 0.15) is 0 Å². The second-order valence-corrected chi connectivity index (χ2v) is 8.49. The maximum absolute atomic E-state index is 12.9. The Kier molecular flexibility index (Phi) is 5.62. The highest BCUT2D eigenvalue weighted by atomic mass is 32.2. The highest BCUT2D eigenvalue weighted by molar-refractivity contribution is 8.00. The highest BCUT2D eigenvalue weighted by Gasteiger charge is 2.29. The van der Waals surface area contributed by atoms with Gasteiger partial charge in [-0.3, -0.25) is 9.59 Å². The van der Waals surface area contributed by atoms with Crippen LogP contribution < -0.4 is 4.90 Å². The Balaban J connectivity index is 1.36. The molecule has 2 aliphatic heterocycles. The zero-order chi connectivity index (χ0) is 19.5. The first-order chi connectivity index (χ1) is 13.7. The van der Waals surface area contributed by atoms with Crippen LogP contribution in [0.3, 0.4) is 0 Å². The molecular weight excluding hydrogens is 374 g/mol. The first-order valence-corrected chi connectivity index (χ1v) is 10.6. The molecule has 1 aromatic carbocycles. The summed E-state index contributed by atoms with van der Waals surface area (Å²) in [6.45, 7) is 5.67. The summed E-state index contributed by atoms with van der Waals surface area (Å²) >= 11 is 1.91. The number of fused-ring (bicyclic) bond motifs is 1. The lowest BCUT2D eigenvalue weighted by molar-refractivity contribution is -0.131. The molecule has 0 aliphatic carbocycles. The summed E-state index contributed by atoms with van der Waals surface area (Å²) in [6.07, 6.45) is 2.59. The van der Waals surface area contributed by atoms with Gasteiger partial charge in [-0.2, -0.15) is 0 Å². The molecule has 1 aromatic heterocycles. The van der Waals surface area contributed by atoms with Gasteiger partial charge < -0.3 is 19.1 Å². The fourth-order valence-corrected chi connectivity index (χ4v) is 4.97. The molecule has 1 saturated heterocycles. The molecular formula is C21H25N3O3S. The van der Waals surface area contributed by atoms with Crippen LogP contribution in [0.4, 0.5) is 5.69 Å². The minimum Gasteiger partial charge on any atom is -0.459 e. The van der Waals surface area contributed by atoms with Crippen LogP contribution >= 0.6 is 11.8 Å². The molecule has 3 heterocycles. The van der Waals surface area contributed by atoms with E-state index in [2.05, 4.69) is 30.0 Å². The Morgan fingerprint density at radius 3 is 2.54 bits per heavy atom. The van der Waals surface area contributed by atoms with Crippen molar-refractivity contribution < 1.29 is 14.0 Å². The summed E-state index contributed by atoms with van der Waals surface area (Å²) in [5, 5.41) is 0.505. The second kappa shape index (κ2) is 8.31. The van der Waals surface area contributed by atoms with Crippen LogP contribution in [-0.4, -0.2) is 66.1 Å². The Labute approximate surface area is 169 Å². The molecule has 7 heteroatoms. The fraction of sp³-hybridized carbons (Fsp3) is 0.429. The molecule has 0 saturated carbocycles.